The van der Waals surface area contributed by atoms with Crippen LogP contribution in [0.15, 0.2) is 24.3 Å². The molecular formula is C23H31ClFN3O3. The number of nitrogens with zero attached hydrogens (tertiary/aromatic N) is 3. The van der Waals surface area contributed by atoms with Crippen LogP contribution in [0.1, 0.15) is 31.7 Å². The highest BCUT2D eigenvalue weighted by Gasteiger charge is 2.25. The number of likely N-dealkylation sites (tertiary alicyclic amines) is 1. The summed E-state index contributed by atoms with van der Waals surface area (Å²) < 4.78 is 13.3. The molecule has 2 atom stereocenters. The summed E-state index contributed by atoms with van der Waals surface area (Å²) in [5, 5.41) is 9.94. The summed E-state index contributed by atoms with van der Waals surface area (Å²) in [4.78, 5) is 30.8. The van der Waals surface area contributed by atoms with E-state index in [9.17, 15) is 19.1 Å². The van der Waals surface area contributed by atoms with Crippen molar-refractivity contribution in [3.8, 4) is 0 Å². The lowest BCUT2D eigenvalue weighted by molar-refractivity contribution is -0.130. The van der Waals surface area contributed by atoms with E-state index in [4.69, 9.17) is 11.6 Å². The second kappa shape index (κ2) is 11.1. The van der Waals surface area contributed by atoms with Gasteiger partial charge in [-0.15, -0.1) is 0 Å². The highest BCUT2D eigenvalue weighted by Crippen LogP contribution is 2.18. The summed E-state index contributed by atoms with van der Waals surface area (Å²) in [6.45, 7) is 6.74. The number of β-amino-alcohol motifs (C(OH)–C–C–N with tert-alkyl or cyclic N) is 1. The van der Waals surface area contributed by atoms with E-state index >= 15 is 0 Å². The Labute approximate surface area is 188 Å². The Kier molecular flexibility index (Phi) is 8.46. The zero-order valence-corrected chi connectivity index (χ0v) is 18.7. The van der Waals surface area contributed by atoms with Crippen molar-refractivity contribution in [1.82, 2.24) is 14.7 Å². The van der Waals surface area contributed by atoms with E-state index in [0.29, 0.717) is 50.6 Å². The highest BCUT2D eigenvalue weighted by molar-refractivity contribution is 6.30. The van der Waals surface area contributed by atoms with Crippen LogP contribution in [0, 0.1) is 11.7 Å². The van der Waals surface area contributed by atoms with Crippen LogP contribution in [0.25, 0.3) is 6.08 Å². The molecule has 0 aromatic heterocycles. The predicted molar refractivity (Wildman–Crippen MR) is 119 cm³/mol. The van der Waals surface area contributed by atoms with Crippen molar-refractivity contribution in [2.75, 3.05) is 45.8 Å². The van der Waals surface area contributed by atoms with E-state index in [2.05, 4.69) is 11.8 Å². The average Bonchev–Trinajstić information content (AvgIpc) is 2.90. The van der Waals surface area contributed by atoms with Gasteiger partial charge in [-0.3, -0.25) is 9.59 Å². The first-order valence-corrected chi connectivity index (χ1v) is 11.3. The van der Waals surface area contributed by atoms with Gasteiger partial charge >= 0.3 is 0 Å². The van der Waals surface area contributed by atoms with E-state index in [-0.39, 0.29) is 22.9 Å². The van der Waals surface area contributed by atoms with Crippen LogP contribution in [-0.4, -0.2) is 83.5 Å². The minimum Gasteiger partial charge on any atom is -0.392 e. The zero-order valence-electron chi connectivity index (χ0n) is 18.0. The molecule has 2 fully saturated rings. The number of aliphatic hydroxyl groups is 1. The van der Waals surface area contributed by atoms with Crippen molar-refractivity contribution < 1.29 is 19.1 Å². The van der Waals surface area contributed by atoms with Gasteiger partial charge in [-0.25, -0.2) is 4.39 Å². The molecule has 2 unspecified atom stereocenters. The molecule has 2 heterocycles. The van der Waals surface area contributed by atoms with Gasteiger partial charge in [-0.2, -0.15) is 0 Å². The van der Waals surface area contributed by atoms with E-state index in [1.54, 1.807) is 17.0 Å². The summed E-state index contributed by atoms with van der Waals surface area (Å²) in [6.07, 6.45) is 4.79. The first kappa shape index (κ1) is 23.7. The van der Waals surface area contributed by atoms with Gasteiger partial charge in [0, 0.05) is 51.8 Å². The molecular weight excluding hydrogens is 421 g/mol. The highest BCUT2D eigenvalue weighted by atomic mass is 35.5. The normalized spacial score (nSPS) is 23.4. The molecule has 170 valence electrons. The van der Waals surface area contributed by atoms with Crippen LogP contribution in [0.2, 0.25) is 5.02 Å². The van der Waals surface area contributed by atoms with Crippen LogP contribution < -0.4 is 0 Å². The summed E-state index contributed by atoms with van der Waals surface area (Å²) >= 11 is 5.77. The molecule has 6 nitrogen and oxygen atoms in total. The van der Waals surface area contributed by atoms with Crippen LogP contribution in [-0.2, 0) is 9.59 Å². The van der Waals surface area contributed by atoms with Gasteiger partial charge in [0.25, 0.3) is 0 Å². The molecule has 2 saturated heterocycles. The van der Waals surface area contributed by atoms with Crippen molar-refractivity contribution in [3.63, 3.8) is 0 Å². The Morgan fingerprint density at radius 1 is 1.26 bits per heavy atom. The largest absolute Gasteiger partial charge is 0.392 e. The third kappa shape index (κ3) is 7.02. The Morgan fingerprint density at radius 3 is 2.81 bits per heavy atom. The minimum absolute atomic E-state index is 0.0131. The Balaban J connectivity index is 1.46. The zero-order chi connectivity index (χ0) is 22.4. The number of carbonyl (C=O) groups excluding carboxylic acids is 2. The standard InChI is InChI=1S/C23H31ClFN3O3/c1-17-13-19(29)16-26(15-17)8-2-9-27-11-12-28(10-7-23(27)31)22(30)6-4-18-3-5-21(25)20(24)14-18/h3-6,14,17,19,29H,2,7-13,15-16H2,1H3. The molecule has 0 radical (unpaired) electrons. The van der Waals surface area contributed by atoms with Crippen LogP contribution in [0.4, 0.5) is 4.39 Å². The minimum atomic E-state index is -0.498. The van der Waals surface area contributed by atoms with Gasteiger partial charge in [0.2, 0.25) is 11.8 Å². The Hall–Kier alpha value is -1.96. The van der Waals surface area contributed by atoms with Crippen LogP contribution in [0.3, 0.4) is 0 Å². The first-order valence-electron chi connectivity index (χ1n) is 10.9. The SMILES string of the molecule is CC1CC(O)CN(CCCN2CCN(C(=O)C=Cc3ccc(F)c(Cl)c3)CCC2=O)C1. The number of carbonyl (C=O) groups is 2. The number of rotatable bonds is 6. The number of hydrogen-bond donors (Lipinski definition) is 1. The third-order valence-corrected chi connectivity index (χ3v) is 6.17. The number of hydrogen-bond acceptors (Lipinski definition) is 4. The lowest BCUT2D eigenvalue weighted by Gasteiger charge is -2.34. The number of aliphatic hydroxyl groups excluding tert-OH is 1. The van der Waals surface area contributed by atoms with E-state index < -0.39 is 5.82 Å². The summed E-state index contributed by atoms with van der Waals surface area (Å²) in [5.41, 5.74) is 0.643. The molecule has 2 amide bonds. The molecule has 2 aliphatic rings. The molecule has 1 N–H and O–H groups in total. The van der Waals surface area contributed by atoms with Crippen molar-refractivity contribution in [2.45, 2.75) is 32.3 Å². The fourth-order valence-electron chi connectivity index (χ4n) is 4.31. The van der Waals surface area contributed by atoms with Crippen molar-refractivity contribution in [2.24, 2.45) is 5.92 Å². The summed E-state index contributed by atoms with van der Waals surface area (Å²) in [5.74, 6) is -0.118. The predicted octanol–water partition coefficient (Wildman–Crippen LogP) is 2.65. The Morgan fingerprint density at radius 2 is 2.06 bits per heavy atom. The second-order valence-corrected chi connectivity index (χ2v) is 8.98. The molecule has 0 bridgehead atoms. The lowest BCUT2D eigenvalue weighted by atomic mass is 9.98. The molecule has 0 spiro atoms. The van der Waals surface area contributed by atoms with E-state index in [1.165, 1.54) is 18.2 Å². The quantitative estimate of drug-likeness (QED) is 0.675. The van der Waals surface area contributed by atoms with Gasteiger partial charge < -0.3 is 19.8 Å². The van der Waals surface area contributed by atoms with Gasteiger partial charge in [0.05, 0.1) is 11.1 Å². The maximum absolute atomic E-state index is 13.3. The second-order valence-electron chi connectivity index (χ2n) is 8.57. The topological polar surface area (TPSA) is 64.1 Å². The molecule has 1 aromatic rings. The van der Waals surface area contributed by atoms with Gasteiger partial charge in [0.1, 0.15) is 5.82 Å². The van der Waals surface area contributed by atoms with Gasteiger partial charge in [0.15, 0.2) is 0 Å². The fraction of sp³-hybridized carbons (Fsp3) is 0.565. The average molecular weight is 452 g/mol. The smallest absolute Gasteiger partial charge is 0.246 e. The first-order chi connectivity index (χ1) is 14.8. The summed E-state index contributed by atoms with van der Waals surface area (Å²) in [7, 11) is 0. The van der Waals surface area contributed by atoms with Crippen molar-refractivity contribution in [3.05, 3.63) is 40.7 Å². The third-order valence-electron chi connectivity index (χ3n) is 5.88. The summed E-state index contributed by atoms with van der Waals surface area (Å²) in [6, 6.07) is 4.29. The molecule has 0 saturated carbocycles. The monoisotopic (exact) mass is 451 g/mol. The number of halogens is 2. The van der Waals surface area contributed by atoms with Gasteiger partial charge in [-0.05, 0) is 49.1 Å². The number of benzene rings is 1. The van der Waals surface area contributed by atoms with Crippen LogP contribution in [0.5, 0.6) is 0 Å². The maximum Gasteiger partial charge on any atom is 0.246 e. The molecule has 3 rings (SSSR count). The maximum atomic E-state index is 13.3. The van der Waals surface area contributed by atoms with Crippen LogP contribution >= 0.6 is 11.6 Å². The number of amides is 2. The Bertz CT molecular complexity index is 809. The molecule has 0 aliphatic carbocycles. The van der Waals surface area contributed by atoms with E-state index in [0.717, 1.165) is 25.9 Å². The van der Waals surface area contributed by atoms with Crippen molar-refractivity contribution in [1.29, 1.82) is 0 Å². The molecule has 8 heteroatoms. The van der Waals surface area contributed by atoms with Gasteiger partial charge in [-0.1, -0.05) is 24.6 Å². The van der Waals surface area contributed by atoms with E-state index in [1.807, 2.05) is 4.90 Å². The fourth-order valence-corrected chi connectivity index (χ4v) is 4.50. The molecule has 2 aliphatic heterocycles. The van der Waals surface area contributed by atoms with Crippen molar-refractivity contribution >= 4 is 29.5 Å². The lowest BCUT2D eigenvalue weighted by Crippen LogP contribution is -2.43. The molecule has 1 aromatic carbocycles. The molecule has 31 heavy (non-hydrogen) atoms. The number of piperidine rings is 1.